The van der Waals surface area contributed by atoms with Gasteiger partial charge in [-0.3, -0.25) is 4.79 Å². The van der Waals surface area contributed by atoms with Crippen LogP contribution in [0.2, 0.25) is 0 Å². The van der Waals surface area contributed by atoms with Gasteiger partial charge in [0.2, 0.25) is 0 Å². The van der Waals surface area contributed by atoms with Gasteiger partial charge in [0.1, 0.15) is 6.04 Å². The van der Waals surface area contributed by atoms with Crippen molar-refractivity contribution in [3.63, 3.8) is 0 Å². The van der Waals surface area contributed by atoms with Crippen molar-refractivity contribution in [3.8, 4) is 0 Å². The minimum atomic E-state index is -0.129. The van der Waals surface area contributed by atoms with E-state index in [9.17, 15) is 4.79 Å². The van der Waals surface area contributed by atoms with Gasteiger partial charge in [0.05, 0.1) is 6.61 Å². The van der Waals surface area contributed by atoms with Gasteiger partial charge in [0, 0.05) is 0 Å². The molecule has 0 aliphatic carbocycles. The van der Waals surface area contributed by atoms with Gasteiger partial charge in [0.15, 0.2) is 0 Å². The Kier molecular flexibility index (Phi) is 4.15. The Labute approximate surface area is 102 Å². The highest BCUT2D eigenvalue weighted by atomic mass is 16.5. The summed E-state index contributed by atoms with van der Waals surface area (Å²) in [5.74, 6) is 0.252. The summed E-state index contributed by atoms with van der Waals surface area (Å²) < 4.78 is 5.09. The fourth-order valence-electron chi connectivity index (χ4n) is 2.40. The Morgan fingerprint density at radius 1 is 1.41 bits per heavy atom. The Balaban J connectivity index is 1.98. The Hall–Kier alpha value is -1.35. The zero-order valence-electron chi connectivity index (χ0n) is 10.2. The Morgan fingerprint density at radius 2 is 2.18 bits per heavy atom. The van der Waals surface area contributed by atoms with Crippen LogP contribution in [-0.2, 0) is 16.0 Å². The molecule has 1 heterocycles. The van der Waals surface area contributed by atoms with E-state index in [2.05, 4.69) is 17.4 Å². The third kappa shape index (κ3) is 3.07. The lowest BCUT2D eigenvalue weighted by Crippen LogP contribution is -2.37. The quantitative estimate of drug-likeness (QED) is 0.805. The Morgan fingerprint density at radius 3 is 2.88 bits per heavy atom. The molecule has 3 heteroatoms. The first kappa shape index (κ1) is 12.1. The van der Waals surface area contributed by atoms with E-state index in [1.54, 1.807) is 0 Å². The number of hydrogen-bond acceptors (Lipinski definition) is 3. The topological polar surface area (TPSA) is 38.3 Å². The number of carbonyl (C=O) groups is 1. The van der Waals surface area contributed by atoms with Gasteiger partial charge in [-0.15, -0.1) is 0 Å². The SMILES string of the molecule is CCOC(=O)C1NCC[C@@H]1Cc1ccccc1. The standard InChI is InChI=1S/C14H19NO2/c1-2-17-14(16)13-12(8-9-15-13)10-11-6-4-3-5-7-11/h3-7,12-13,15H,2,8-10H2,1H3/t12-,13?/m1/s1. The predicted molar refractivity (Wildman–Crippen MR) is 66.7 cm³/mol. The van der Waals surface area contributed by atoms with Crippen LogP contribution in [0.15, 0.2) is 30.3 Å². The number of carbonyl (C=O) groups excluding carboxylic acids is 1. The summed E-state index contributed by atoms with van der Waals surface area (Å²) in [6, 6.07) is 10.2. The molecule has 2 rings (SSSR count). The van der Waals surface area contributed by atoms with E-state index in [1.165, 1.54) is 5.56 Å². The zero-order valence-corrected chi connectivity index (χ0v) is 10.2. The maximum Gasteiger partial charge on any atom is 0.323 e. The maximum atomic E-state index is 11.8. The van der Waals surface area contributed by atoms with Gasteiger partial charge in [0.25, 0.3) is 0 Å². The van der Waals surface area contributed by atoms with Crippen molar-refractivity contribution < 1.29 is 9.53 Å². The summed E-state index contributed by atoms with van der Waals surface area (Å²) in [4.78, 5) is 11.8. The van der Waals surface area contributed by atoms with Crippen molar-refractivity contribution >= 4 is 5.97 Å². The van der Waals surface area contributed by atoms with Crippen LogP contribution in [0.3, 0.4) is 0 Å². The first-order chi connectivity index (χ1) is 8.31. The lowest BCUT2D eigenvalue weighted by Gasteiger charge is -2.17. The van der Waals surface area contributed by atoms with Crippen molar-refractivity contribution in [2.75, 3.05) is 13.2 Å². The van der Waals surface area contributed by atoms with E-state index >= 15 is 0 Å². The van der Waals surface area contributed by atoms with Crippen LogP contribution in [0.25, 0.3) is 0 Å². The largest absolute Gasteiger partial charge is 0.465 e. The fourth-order valence-corrected chi connectivity index (χ4v) is 2.40. The summed E-state index contributed by atoms with van der Waals surface area (Å²) in [5, 5.41) is 3.24. The number of benzene rings is 1. The molecule has 1 aliphatic rings. The summed E-state index contributed by atoms with van der Waals surface area (Å²) in [7, 11) is 0. The molecule has 92 valence electrons. The molecule has 1 N–H and O–H groups in total. The third-order valence-electron chi connectivity index (χ3n) is 3.23. The fraction of sp³-hybridized carbons (Fsp3) is 0.500. The lowest BCUT2D eigenvalue weighted by atomic mass is 9.93. The predicted octanol–water partition coefficient (Wildman–Crippen LogP) is 1.77. The number of hydrogen-bond donors (Lipinski definition) is 1. The normalized spacial score (nSPS) is 23.6. The Bertz CT molecular complexity index is 364. The van der Waals surface area contributed by atoms with Crippen molar-refractivity contribution in [1.82, 2.24) is 5.32 Å². The first-order valence-electron chi connectivity index (χ1n) is 6.25. The first-order valence-corrected chi connectivity index (χ1v) is 6.25. The van der Waals surface area contributed by atoms with E-state index in [-0.39, 0.29) is 12.0 Å². The molecule has 2 atom stereocenters. The van der Waals surface area contributed by atoms with Crippen LogP contribution < -0.4 is 5.32 Å². The zero-order chi connectivity index (χ0) is 12.1. The molecule has 1 aliphatic heterocycles. The second kappa shape index (κ2) is 5.82. The van der Waals surface area contributed by atoms with Crippen LogP contribution >= 0.6 is 0 Å². The molecule has 1 unspecified atom stereocenters. The van der Waals surface area contributed by atoms with Gasteiger partial charge < -0.3 is 10.1 Å². The second-order valence-electron chi connectivity index (χ2n) is 4.42. The molecule has 0 saturated carbocycles. The highest BCUT2D eigenvalue weighted by Crippen LogP contribution is 2.21. The molecule has 17 heavy (non-hydrogen) atoms. The molecular formula is C14H19NO2. The van der Waals surface area contributed by atoms with E-state index in [0.29, 0.717) is 12.5 Å². The third-order valence-corrected chi connectivity index (χ3v) is 3.23. The van der Waals surface area contributed by atoms with Crippen LogP contribution in [0, 0.1) is 5.92 Å². The maximum absolute atomic E-state index is 11.8. The molecule has 1 aromatic rings. The molecule has 1 saturated heterocycles. The minimum absolute atomic E-state index is 0.106. The van der Waals surface area contributed by atoms with E-state index in [4.69, 9.17) is 4.74 Å². The van der Waals surface area contributed by atoms with Gasteiger partial charge in [-0.05, 0) is 37.8 Å². The molecule has 3 nitrogen and oxygen atoms in total. The number of ether oxygens (including phenoxy) is 1. The van der Waals surface area contributed by atoms with Gasteiger partial charge >= 0.3 is 5.97 Å². The van der Waals surface area contributed by atoms with Gasteiger partial charge in [-0.2, -0.15) is 0 Å². The molecule has 0 amide bonds. The van der Waals surface area contributed by atoms with Crippen LogP contribution in [0.4, 0.5) is 0 Å². The summed E-state index contributed by atoms with van der Waals surface area (Å²) >= 11 is 0. The molecule has 0 radical (unpaired) electrons. The molecule has 1 fully saturated rings. The molecular weight excluding hydrogens is 214 g/mol. The number of esters is 1. The van der Waals surface area contributed by atoms with Gasteiger partial charge in [-0.1, -0.05) is 30.3 Å². The summed E-state index contributed by atoms with van der Waals surface area (Å²) in [6.45, 7) is 3.20. The van der Waals surface area contributed by atoms with Crippen molar-refractivity contribution in [3.05, 3.63) is 35.9 Å². The van der Waals surface area contributed by atoms with E-state index < -0.39 is 0 Å². The molecule has 0 spiro atoms. The summed E-state index contributed by atoms with van der Waals surface area (Å²) in [6.07, 6.45) is 1.98. The van der Waals surface area contributed by atoms with E-state index in [0.717, 1.165) is 19.4 Å². The molecule has 0 aromatic heterocycles. The number of nitrogens with one attached hydrogen (secondary N) is 1. The highest BCUT2D eigenvalue weighted by molar-refractivity contribution is 5.76. The van der Waals surface area contributed by atoms with Crippen molar-refractivity contribution in [1.29, 1.82) is 0 Å². The molecule has 0 bridgehead atoms. The second-order valence-corrected chi connectivity index (χ2v) is 4.42. The van der Waals surface area contributed by atoms with Crippen LogP contribution in [-0.4, -0.2) is 25.2 Å². The summed E-state index contributed by atoms with van der Waals surface area (Å²) in [5.41, 5.74) is 1.29. The van der Waals surface area contributed by atoms with Crippen molar-refractivity contribution in [2.24, 2.45) is 5.92 Å². The monoisotopic (exact) mass is 233 g/mol. The minimum Gasteiger partial charge on any atom is -0.465 e. The van der Waals surface area contributed by atoms with Crippen LogP contribution in [0.1, 0.15) is 18.9 Å². The van der Waals surface area contributed by atoms with E-state index in [1.807, 2.05) is 25.1 Å². The van der Waals surface area contributed by atoms with Crippen LogP contribution in [0.5, 0.6) is 0 Å². The highest BCUT2D eigenvalue weighted by Gasteiger charge is 2.33. The smallest absolute Gasteiger partial charge is 0.323 e. The average Bonchev–Trinajstić information content (AvgIpc) is 2.79. The van der Waals surface area contributed by atoms with Gasteiger partial charge in [-0.25, -0.2) is 0 Å². The number of rotatable bonds is 4. The average molecular weight is 233 g/mol. The molecule has 1 aromatic carbocycles. The lowest BCUT2D eigenvalue weighted by molar-refractivity contribution is -0.146. The van der Waals surface area contributed by atoms with Crippen molar-refractivity contribution in [2.45, 2.75) is 25.8 Å².